The SMILES string of the molecule is [O-][N+]1(O)CCCCS1. The Hall–Kier alpha value is 0.230. The first-order chi connectivity index (χ1) is 3.71. The van der Waals surface area contributed by atoms with Gasteiger partial charge in [0.1, 0.15) is 18.5 Å². The van der Waals surface area contributed by atoms with E-state index in [0.717, 1.165) is 30.5 Å². The van der Waals surface area contributed by atoms with Crippen molar-refractivity contribution in [1.82, 2.24) is 0 Å². The molecular formula is C4H9NO2S. The summed E-state index contributed by atoms with van der Waals surface area (Å²) >= 11 is 1.06. The van der Waals surface area contributed by atoms with Gasteiger partial charge in [-0.15, -0.1) is 0 Å². The van der Waals surface area contributed by atoms with Crippen LogP contribution < -0.4 is 0 Å². The Labute approximate surface area is 52.6 Å². The highest BCUT2D eigenvalue weighted by molar-refractivity contribution is 7.93. The van der Waals surface area contributed by atoms with Crippen molar-refractivity contribution in [3.63, 3.8) is 0 Å². The van der Waals surface area contributed by atoms with Gasteiger partial charge in [-0.3, -0.25) is 0 Å². The second-order valence-electron chi connectivity index (χ2n) is 1.90. The van der Waals surface area contributed by atoms with Crippen molar-refractivity contribution < 1.29 is 9.42 Å². The van der Waals surface area contributed by atoms with Gasteiger partial charge in [0, 0.05) is 6.42 Å². The Bertz CT molecular complexity index is 78.1. The molecule has 1 aliphatic rings. The zero-order valence-electron chi connectivity index (χ0n) is 4.54. The fourth-order valence-electron chi connectivity index (χ4n) is 0.685. The van der Waals surface area contributed by atoms with Gasteiger partial charge in [0.15, 0.2) is 0 Å². The predicted octanol–water partition coefficient (Wildman–Crippen LogP) is 1.13. The molecule has 0 bridgehead atoms. The molecule has 0 amide bonds. The Morgan fingerprint density at radius 1 is 1.50 bits per heavy atom. The highest BCUT2D eigenvalue weighted by Crippen LogP contribution is 2.24. The molecule has 4 heteroatoms. The van der Waals surface area contributed by atoms with Crippen molar-refractivity contribution in [1.29, 1.82) is 0 Å². The third kappa shape index (κ3) is 1.63. The standard InChI is InChI=1S/C4H9NO2S/c6-5(7)3-1-2-4-8-5/h6H,1-4H2. The molecule has 0 aromatic rings. The average Bonchev–Trinajstić information content (AvgIpc) is 1.65. The highest BCUT2D eigenvalue weighted by Gasteiger charge is 2.19. The zero-order valence-corrected chi connectivity index (χ0v) is 5.36. The van der Waals surface area contributed by atoms with E-state index in [2.05, 4.69) is 0 Å². The fourth-order valence-corrected chi connectivity index (χ4v) is 1.56. The van der Waals surface area contributed by atoms with Crippen molar-refractivity contribution in [3.8, 4) is 0 Å². The molecule has 1 unspecified atom stereocenters. The van der Waals surface area contributed by atoms with Crippen LogP contribution >= 0.6 is 11.9 Å². The maximum atomic E-state index is 10.6. The molecule has 48 valence electrons. The summed E-state index contributed by atoms with van der Waals surface area (Å²) in [6, 6.07) is 0. The van der Waals surface area contributed by atoms with Gasteiger partial charge >= 0.3 is 0 Å². The minimum atomic E-state index is -1.08. The van der Waals surface area contributed by atoms with Gasteiger partial charge in [0.05, 0.1) is 5.75 Å². The van der Waals surface area contributed by atoms with Gasteiger partial charge in [0.2, 0.25) is 0 Å². The molecule has 0 aliphatic carbocycles. The lowest BCUT2D eigenvalue weighted by Gasteiger charge is -2.33. The van der Waals surface area contributed by atoms with Crippen LogP contribution in [0.5, 0.6) is 0 Å². The van der Waals surface area contributed by atoms with Crippen LogP contribution in [-0.2, 0) is 0 Å². The number of hydroxylamine groups is 2. The lowest BCUT2D eigenvalue weighted by atomic mass is 10.3. The van der Waals surface area contributed by atoms with Gasteiger partial charge < -0.3 is 5.21 Å². The topological polar surface area (TPSA) is 43.3 Å². The molecule has 8 heavy (non-hydrogen) atoms. The molecule has 0 saturated carbocycles. The van der Waals surface area contributed by atoms with E-state index in [1.807, 2.05) is 0 Å². The summed E-state index contributed by atoms with van der Waals surface area (Å²) in [6.07, 6.45) is 1.92. The average molecular weight is 135 g/mol. The van der Waals surface area contributed by atoms with Gasteiger partial charge in [-0.05, 0) is 6.42 Å². The van der Waals surface area contributed by atoms with Crippen molar-refractivity contribution in [3.05, 3.63) is 5.21 Å². The molecule has 1 fully saturated rings. The second kappa shape index (κ2) is 2.23. The highest BCUT2D eigenvalue weighted by atomic mass is 32.2. The first-order valence-corrected chi connectivity index (χ1v) is 3.61. The first kappa shape index (κ1) is 6.35. The van der Waals surface area contributed by atoms with Gasteiger partial charge in [0.25, 0.3) is 0 Å². The molecule has 1 aliphatic heterocycles. The number of hydrogen-bond donors (Lipinski definition) is 1. The van der Waals surface area contributed by atoms with Gasteiger partial charge in [-0.1, -0.05) is 0 Å². The summed E-state index contributed by atoms with van der Waals surface area (Å²) in [5.74, 6) is 0.792. The Morgan fingerprint density at radius 2 is 2.25 bits per heavy atom. The number of nitrogens with zero attached hydrogens (tertiary/aromatic N) is 1. The van der Waals surface area contributed by atoms with Crippen molar-refractivity contribution in [2.45, 2.75) is 12.8 Å². The number of hydrogen-bond acceptors (Lipinski definition) is 3. The maximum Gasteiger partial charge on any atom is 0.120 e. The maximum absolute atomic E-state index is 10.6. The minimum absolute atomic E-state index is 0.352. The summed E-state index contributed by atoms with van der Waals surface area (Å²) in [5.41, 5.74) is 0. The lowest BCUT2D eigenvalue weighted by molar-refractivity contribution is -0.952. The third-order valence-electron chi connectivity index (χ3n) is 1.13. The molecule has 0 spiro atoms. The Balaban J connectivity index is 2.33. The summed E-state index contributed by atoms with van der Waals surface area (Å²) in [7, 11) is 0. The monoisotopic (exact) mass is 135 g/mol. The van der Waals surface area contributed by atoms with Crippen molar-refractivity contribution in [2.24, 2.45) is 0 Å². The first-order valence-electron chi connectivity index (χ1n) is 2.67. The third-order valence-corrected chi connectivity index (χ3v) is 2.19. The van der Waals surface area contributed by atoms with Crippen LogP contribution in [0.4, 0.5) is 0 Å². The molecule has 0 aromatic carbocycles. The van der Waals surface area contributed by atoms with Crippen LogP contribution in [0.25, 0.3) is 0 Å². The van der Waals surface area contributed by atoms with E-state index < -0.39 is 4.21 Å². The predicted molar refractivity (Wildman–Crippen MR) is 32.0 cm³/mol. The number of quaternary nitrogens is 1. The van der Waals surface area contributed by atoms with E-state index in [0.29, 0.717) is 6.54 Å². The lowest BCUT2D eigenvalue weighted by Crippen LogP contribution is -2.34. The molecule has 0 aromatic heterocycles. The van der Waals surface area contributed by atoms with Crippen LogP contribution in [0, 0.1) is 5.21 Å². The van der Waals surface area contributed by atoms with Crippen molar-refractivity contribution >= 4 is 11.9 Å². The normalized spacial score (nSPS) is 39.8. The summed E-state index contributed by atoms with van der Waals surface area (Å²) < 4.78 is -1.08. The molecule has 1 heterocycles. The van der Waals surface area contributed by atoms with Crippen LogP contribution in [-0.4, -0.2) is 21.7 Å². The smallest absolute Gasteiger partial charge is 0.120 e. The van der Waals surface area contributed by atoms with Crippen LogP contribution in [0.3, 0.4) is 0 Å². The molecule has 1 saturated heterocycles. The van der Waals surface area contributed by atoms with Crippen molar-refractivity contribution in [2.75, 3.05) is 12.3 Å². The van der Waals surface area contributed by atoms with Gasteiger partial charge in [-0.2, -0.15) is 4.21 Å². The van der Waals surface area contributed by atoms with E-state index in [9.17, 15) is 5.21 Å². The quantitative estimate of drug-likeness (QED) is 0.307. The number of rotatable bonds is 0. The molecule has 1 rings (SSSR count). The summed E-state index contributed by atoms with van der Waals surface area (Å²) in [4.78, 5) is 0. The van der Waals surface area contributed by atoms with Crippen LogP contribution in [0.15, 0.2) is 0 Å². The molecule has 3 nitrogen and oxygen atoms in total. The van der Waals surface area contributed by atoms with Crippen LogP contribution in [0.2, 0.25) is 0 Å². The fraction of sp³-hybridized carbons (Fsp3) is 1.00. The summed E-state index contributed by atoms with van der Waals surface area (Å²) in [6.45, 7) is 0.352. The largest absolute Gasteiger partial charge is 0.586 e. The second-order valence-corrected chi connectivity index (χ2v) is 3.14. The molecule has 0 radical (unpaired) electrons. The Kier molecular flexibility index (Phi) is 1.77. The summed E-state index contributed by atoms with van der Waals surface area (Å²) in [5, 5.41) is 19.3. The van der Waals surface area contributed by atoms with E-state index in [1.54, 1.807) is 0 Å². The molecule has 1 atom stereocenters. The van der Waals surface area contributed by atoms with Crippen LogP contribution in [0.1, 0.15) is 12.8 Å². The minimum Gasteiger partial charge on any atom is -0.586 e. The van der Waals surface area contributed by atoms with E-state index >= 15 is 0 Å². The Morgan fingerprint density at radius 3 is 2.50 bits per heavy atom. The molecular weight excluding hydrogens is 126 g/mol. The molecule has 1 N–H and O–H groups in total. The van der Waals surface area contributed by atoms with E-state index in [-0.39, 0.29) is 0 Å². The van der Waals surface area contributed by atoms with Gasteiger partial charge in [-0.25, -0.2) is 5.21 Å². The van der Waals surface area contributed by atoms with E-state index in [1.165, 1.54) is 0 Å². The van der Waals surface area contributed by atoms with E-state index in [4.69, 9.17) is 5.21 Å². The zero-order chi connectivity index (χ0) is 6.04.